The lowest BCUT2D eigenvalue weighted by molar-refractivity contribution is -0.326. The molecule has 0 bridgehead atoms. The van der Waals surface area contributed by atoms with Gasteiger partial charge in [-0.3, -0.25) is 14.4 Å². The van der Waals surface area contributed by atoms with Crippen molar-refractivity contribution in [3.8, 4) is 0 Å². The summed E-state index contributed by atoms with van der Waals surface area (Å²) in [5.74, 6) is -3.58. The second-order valence-electron chi connectivity index (χ2n) is 17.6. The van der Waals surface area contributed by atoms with Crippen LogP contribution in [0.1, 0.15) is 290 Å². The number of rotatable bonds is 47. The molecule has 7 heteroatoms. The molecule has 58 heavy (non-hydrogen) atoms. The number of likely N-dealkylation sites (N-methyl/N-ethyl adjacent to an activating group) is 1. The first-order valence-electron chi connectivity index (χ1n) is 25.7. The van der Waals surface area contributed by atoms with Crippen molar-refractivity contribution >= 4 is 17.9 Å². The molecule has 0 unspecified atom stereocenters. The maximum absolute atomic E-state index is 13.1. The van der Waals surface area contributed by atoms with Crippen LogP contribution in [0.25, 0.3) is 0 Å². The van der Waals surface area contributed by atoms with E-state index in [1.807, 2.05) is 0 Å². The molecule has 0 saturated carbocycles. The van der Waals surface area contributed by atoms with Crippen molar-refractivity contribution in [1.29, 1.82) is 0 Å². The van der Waals surface area contributed by atoms with E-state index >= 15 is 0 Å². The maximum atomic E-state index is 13.1. The Morgan fingerprint density at radius 3 is 0.655 bits per heavy atom. The van der Waals surface area contributed by atoms with Gasteiger partial charge in [0.2, 0.25) is 0 Å². The molecule has 0 fully saturated rings. The Balaban J connectivity index is 4.72. The maximum Gasteiger partial charge on any atom is 0.436 e. The highest BCUT2D eigenvalue weighted by molar-refractivity contribution is 5.74. The van der Waals surface area contributed by atoms with Crippen LogP contribution in [0.5, 0.6) is 0 Å². The van der Waals surface area contributed by atoms with E-state index in [-0.39, 0.29) is 25.8 Å². The first kappa shape index (κ1) is 56.4. The fourth-order valence-corrected chi connectivity index (χ4v) is 7.92. The van der Waals surface area contributed by atoms with Crippen LogP contribution in [0.4, 0.5) is 0 Å². The van der Waals surface area contributed by atoms with Crippen molar-refractivity contribution in [2.45, 2.75) is 296 Å². The Hall–Kier alpha value is -1.63. The molecule has 0 aliphatic heterocycles. The van der Waals surface area contributed by atoms with Crippen LogP contribution in [-0.2, 0) is 28.6 Å². The van der Waals surface area contributed by atoms with Crippen LogP contribution in [0, 0.1) is 0 Å². The predicted molar refractivity (Wildman–Crippen MR) is 246 cm³/mol. The van der Waals surface area contributed by atoms with Crippen molar-refractivity contribution in [1.82, 2.24) is 5.32 Å². The molecule has 0 aliphatic rings. The molecule has 0 atom stereocenters. The molecule has 0 aromatic rings. The molecule has 0 spiro atoms. The SMILES string of the molecule is CCCCCCCCCCCCCCCC(=O)OC(CNC)(OC(=O)CCCCCCCCCCCCCCC)OC(=O)CCCCCCCCCCCCCCC. The number of esters is 3. The first-order chi connectivity index (χ1) is 28.4. The summed E-state index contributed by atoms with van der Waals surface area (Å²) in [5.41, 5.74) is 0. The quantitative estimate of drug-likeness (QED) is 0.0371. The molecule has 7 nitrogen and oxygen atoms in total. The molecule has 0 amide bonds. The average Bonchev–Trinajstić information content (AvgIpc) is 3.20. The monoisotopic (exact) mass is 822 g/mol. The van der Waals surface area contributed by atoms with Gasteiger partial charge in [-0.2, -0.15) is 0 Å². The highest BCUT2D eigenvalue weighted by Crippen LogP contribution is 2.22. The second kappa shape index (κ2) is 44.9. The van der Waals surface area contributed by atoms with E-state index in [1.54, 1.807) is 7.05 Å². The van der Waals surface area contributed by atoms with Gasteiger partial charge in [0.15, 0.2) is 0 Å². The van der Waals surface area contributed by atoms with Gasteiger partial charge in [0.1, 0.15) is 6.54 Å². The van der Waals surface area contributed by atoms with Crippen LogP contribution in [0.15, 0.2) is 0 Å². The van der Waals surface area contributed by atoms with Crippen LogP contribution < -0.4 is 5.32 Å². The molecule has 0 saturated heterocycles. The third-order valence-electron chi connectivity index (χ3n) is 11.7. The summed E-state index contributed by atoms with van der Waals surface area (Å²) in [7, 11) is 1.68. The molecule has 0 rings (SSSR count). The van der Waals surface area contributed by atoms with E-state index in [0.717, 1.165) is 38.5 Å². The number of hydrogen-bond acceptors (Lipinski definition) is 7. The third-order valence-corrected chi connectivity index (χ3v) is 11.7. The standard InChI is InChI=1S/C51H99NO6/c1-5-8-11-14-17-20-23-26-29-32-35-38-41-44-48(53)56-51(47-52-4,57-49(54)45-42-39-36-33-30-27-24-21-18-15-12-9-6-2)58-50(55)46-43-40-37-34-31-28-25-22-19-16-13-10-7-3/h52H,5-47H2,1-4H3. The fraction of sp³-hybridized carbons (Fsp3) is 0.941. The number of carbonyl (C=O) groups excluding carboxylic acids is 3. The number of unbranched alkanes of at least 4 members (excludes halogenated alkanes) is 36. The Morgan fingerprint density at radius 2 is 0.483 bits per heavy atom. The highest BCUT2D eigenvalue weighted by Gasteiger charge is 2.43. The summed E-state index contributed by atoms with van der Waals surface area (Å²) in [5, 5.41) is 2.95. The normalized spacial score (nSPS) is 11.6. The Morgan fingerprint density at radius 1 is 0.310 bits per heavy atom. The smallest absolute Gasteiger partial charge is 0.387 e. The minimum atomic E-state index is -2.08. The Kier molecular flexibility index (Phi) is 43.6. The van der Waals surface area contributed by atoms with E-state index < -0.39 is 23.9 Å². The molecule has 0 aromatic carbocycles. The van der Waals surface area contributed by atoms with Crippen molar-refractivity contribution < 1.29 is 28.6 Å². The summed E-state index contributed by atoms with van der Waals surface area (Å²) in [6.45, 7) is 6.68. The lowest BCUT2D eigenvalue weighted by Crippen LogP contribution is -2.51. The number of ether oxygens (including phenoxy) is 3. The molecule has 0 radical (unpaired) electrons. The van der Waals surface area contributed by atoms with E-state index in [9.17, 15) is 14.4 Å². The fourth-order valence-electron chi connectivity index (χ4n) is 7.92. The van der Waals surface area contributed by atoms with Crippen molar-refractivity contribution in [2.24, 2.45) is 0 Å². The second-order valence-corrected chi connectivity index (χ2v) is 17.6. The molecular formula is C51H99NO6. The van der Waals surface area contributed by atoms with Gasteiger partial charge in [-0.05, 0) is 26.3 Å². The zero-order chi connectivity index (χ0) is 42.5. The number of carbonyl (C=O) groups is 3. The highest BCUT2D eigenvalue weighted by atomic mass is 16.9. The van der Waals surface area contributed by atoms with Gasteiger partial charge in [-0.1, -0.05) is 252 Å². The molecule has 1 N–H and O–H groups in total. The number of hydrogen-bond donors (Lipinski definition) is 1. The largest absolute Gasteiger partial charge is 0.436 e. The van der Waals surface area contributed by atoms with Crippen LogP contribution in [-0.4, -0.2) is 37.5 Å². The van der Waals surface area contributed by atoms with Crippen LogP contribution >= 0.6 is 0 Å². The lowest BCUT2D eigenvalue weighted by atomic mass is 10.0. The summed E-state index contributed by atoms with van der Waals surface area (Å²) in [6.07, 6.45) is 48.3. The minimum absolute atomic E-state index is 0.105. The predicted octanol–water partition coefficient (Wildman–Crippen LogP) is 15.9. The van der Waals surface area contributed by atoms with Gasteiger partial charge in [0.25, 0.3) is 0 Å². The van der Waals surface area contributed by atoms with E-state index in [0.29, 0.717) is 19.3 Å². The Bertz CT molecular complexity index is 787. The van der Waals surface area contributed by atoms with Crippen molar-refractivity contribution in [3.05, 3.63) is 0 Å². The molecule has 0 heterocycles. The van der Waals surface area contributed by atoms with E-state index in [2.05, 4.69) is 26.1 Å². The van der Waals surface area contributed by atoms with E-state index in [4.69, 9.17) is 14.2 Å². The third kappa shape index (κ3) is 39.8. The first-order valence-corrected chi connectivity index (χ1v) is 25.7. The van der Waals surface area contributed by atoms with Gasteiger partial charge in [0.05, 0.1) is 0 Å². The van der Waals surface area contributed by atoms with Gasteiger partial charge < -0.3 is 19.5 Å². The van der Waals surface area contributed by atoms with Crippen molar-refractivity contribution in [2.75, 3.05) is 13.6 Å². The molecule has 0 aliphatic carbocycles. The average molecular weight is 822 g/mol. The van der Waals surface area contributed by atoms with Crippen LogP contribution in [0.3, 0.4) is 0 Å². The zero-order valence-corrected chi connectivity index (χ0v) is 39.4. The van der Waals surface area contributed by atoms with Gasteiger partial charge >= 0.3 is 23.9 Å². The lowest BCUT2D eigenvalue weighted by Gasteiger charge is -2.31. The van der Waals surface area contributed by atoms with Gasteiger partial charge in [-0.25, -0.2) is 0 Å². The van der Waals surface area contributed by atoms with E-state index in [1.165, 1.54) is 193 Å². The topological polar surface area (TPSA) is 90.9 Å². The summed E-state index contributed by atoms with van der Waals surface area (Å²) >= 11 is 0. The summed E-state index contributed by atoms with van der Waals surface area (Å²) in [4.78, 5) is 39.4. The molecular weight excluding hydrogens is 723 g/mol. The molecule has 0 aromatic heterocycles. The van der Waals surface area contributed by atoms with Gasteiger partial charge in [-0.15, -0.1) is 0 Å². The van der Waals surface area contributed by atoms with Crippen molar-refractivity contribution in [3.63, 3.8) is 0 Å². The van der Waals surface area contributed by atoms with Gasteiger partial charge in [0, 0.05) is 19.3 Å². The zero-order valence-electron chi connectivity index (χ0n) is 39.4. The Labute approximate surface area is 360 Å². The molecule has 344 valence electrons. The summed E-state index contributed by atoms with van der Waals surface area (Å²) < 4.78 is 17.3. The van der Waals surface area contributed by atoms with Crippen LogP contribution in [0.2, 0.25) is 0 Å². The minimum Gasteiger partial charge on any atom is -0.387 e. The number of nitrogens with one attached hydrogen (secondary N) is 1. The summed E-state index contributed by atoms with van der Waals surface area (Å²) in [6, 6.07) is 0.